The number of hydrogen-bond donors (Lipinski definition) is 3. The second-order valence-electron chi connectivity index (χ2n) is 5.46. The van der Waals surface area contributed by atoms with Gasteiger partial charge in [0, 0.05) is 19.0 Å². The molecule has 3 N–H and O–H groups in total. The lowest BCUT2D eigenvalue weighted by atomic mass is 10.1. The molecule has 0 aromatic heterocycles. The molecule has 0 bridgehead atoms. The zero-order valence-corrected chi connectivity index (χ0v) is 12.3. The highest BCUT2D eigenvalue weighted by molar-refractivity contribution is 5.74. The summed E-state index contributed by atoms with van der Waals surface area (Å²) in [7, 11) is 0. The molecule has 0 aliphatic rings. The molecular weight excluding hydrogens is 248 g/mol. The smallest absolute Gasteiger partial charge is 0.317 e. The molecule has 1 unspecified atom stereocenters. The highest BCUT2D eigenvalue weighted by Crippen LogP contribution is 2.06. The largest absolute Gasteiger partial charge is 0.481 e. The third-order valence-electron chi connectivity index (χ3n) is 2.64. The first-order valence-corrected chi connectivity index (χ1v) is 6.65. The number of hydrogen-bond acceptors (Lipinski definition) is 3. The summed E-state index contributed by atoms with van der Waals surface area (Å²) in [5.74, 6) is -0.823. The van der Waals surface area contributed by atoms with Crippen LogP contribution in [0.1, 0.15) is 47.0 Å². The van der Waals surface area contributed by atoms with Gasteiger partial charge in [-0.1, -0.05) is 0 Å². The van der Waals surface area contributed by atoms with Gasteiger partial charge in [0.1, 0.15) is 0 Å². The van der Waals surface area contributed by atoms with Crippen molar-refractivity contribution < 1.29 is 19.8 Å². The zero-order valence-electron chi connectivity index (χ0n) is 12.3. The van der Waals surface area contributed by atoms with E-state index < -0.39 is 11.6 Å². The van der Waals surface area contributed by atoms with Gasteiger partial charge in [0.2, 0.25) is 0 Å². The minimum atomic E-state index is -0.931. The van der Waals surface area contributed by atoms with Crippen LogP contribution in [0.4, 0.5) is 4.79 Å². The average Bonchev–Trinajstić information content (AvgIpc) is 2.23. The molecular formula is C13H26N2O4. The number of nitrogens with one attached hydrogen (secondary N) is 1. The number of carboxylic acid groups (broad SMARTS) is 1. The predicted molar refractivity (Wildman–Crippen MR) is 73.0 cm³/mol. The minimum Gasteiger partial charge on any atom is -0.481 e. The van der Waals surface area contributed by atoms with Crippen LogP contribution >= 0.6 is 0 Å². The number of urea groups is 1. The van der Waals surface area contributed by atoms with E-state index in [0.717, 1.165) is 0 Å². The van der Waals surface area contributed by atoms with Crippen molar-refractivity contribution in [3.05, 3.63) is 0 Å². The van der Waals surface area contributed by atoms with Crippen LogP contribution in [0.3, 0.4) is 0 Å². The van der Waals surface area contributed by atoms with Crippen molar-refractivity contribution >= 4 is 12.0 Å². The molecule has 6 heteroatoms. The summed E-state index contributed by atoms with van der Waals surface area (Å²) in [6.07, 6.45) is 1.27. The zero-order chi connectivity index (χ0) is 15.1. The Kier molecular flexibility index (Phi) is 7.44. The fraction of sp³-hybridized carbons (Fsp3) is 0.846. The van der Waals surface area contributed by atoms with Gasteiger partial charge in [-0.15, -0.1) is 0 Å². The summed E-state index contributed by atoms with van der Waals surface area (Å²) in [6.45, 7) is 7.77. The van der Waals surface area contributed by atoms with Crippen molar-refractivity contribution in [3.63, 3.8) is 0 Å². The highest BCUT2D eigenvalue weighted by Gasteiger charge is 2.21. The van der Waals surface area contributed by atoms with Gasteiger partial charge in [-0.3, -0.25) is 4.79 Å². The maximum Gasteiger partial charge on any atom is 0.317 e. The molecule has 0 spiro atoms. The van der Waals surface area contributed by atoms with E-state index in [0.29, 0.717) is 19.4 Å². The first-order chi connectivity index (χ1) is 8.65. The van der Waals surface area contributed by atoms with Gasteiger partial charge in [-0.2, -0.15) is 0 Å². The molecule has 0 aromatic carbocycles. The molecule has 0 aliphatic heterocycles. The standard InChI is InChI=1S/C13H26N2O4/c1-5-15(9-13(3,4)19)12(18)14-10(2)7-6-8-11(16)17/h10,19H,5-9H2,1-4H3,(H,14,18)(H,16,17). The third-order valence-corrected chi connectivity index (χ3v) is 2.64. The van der Waals surface area contributed by atoms with E-state index in [9.17, 15) is 14.7 Å². The Morgan fingerprint density at radius 1 is 1.37 bits per heavy atom. The van der Waals surface area contributed by atoms with Gasteiger partial charge in [0.25, 0.3) is 0 Å². The lowest BCUT2D eigenvalue weighted by molar-refractivity contribution is -0.137. The lowest BCUT2D eigenvalue weighted by Gasteiger charge is -2.29. The molecule has 19 heavy (non-hydrogen) atoms. The minimum absolute atomic E-state index is 0.0808. The number of likely N-dealkylation sites (N-methyl/N-ethyl adjacent to an activating group) is 1. The summed E-state index contributed by atoms with van der Waals surface area (Å²) in [4.78, 5) is 23.9. The van der Waals surface area contributed by atoms with Crippen LogP contribution in [0.25, 0.3) is 0 Å². The number of rotatable bonds is 8. The third kappa shape index (κ3) is 9.30. The molecule has 6 nitrogen and oxygen atoms in total. The second kappa shape index (κ2) is 7.99. The number of amides is 2. The van der Waals surface area contributed by atoms with Crippen LogP contribution in [-0.2, 0) is 4.79 Å². The van der Waals surface area contributed by atoms with Gasteiger partial charge < -0.3 is 20.4 Å². The Balaban J connectivity index is 4.14. The van der Waals surface area contributed by atoms with E-state index in [1.165, 1.54) is 4.90 Å². The van der Waals surface area contributed by atoms with Crippen LogP contribution in [0.2, 0.25) is 0 Å². The number of carbonyl (C=O) groups is 2. The SMILES string of the molecule is CCN(CC(C)(C)O)C(=O)NC(C)CCCC(=O)O. The Morgan fingerprint density at radius 2 is 1.95 bits per heavy atom. The fourth-order valence-corrected chi connectivity index (χ4v) is 1.73. The van der Waals surface area contributed by atoms with Crippen molar-refractivity contribution in [2.45, 2.75) is 58.6 Å². The van der Waals surface area contributed by atoms with Crippen molar-refractivity contribution in [1.29, 1.82) is 0 Å². The Bertz CT molecular complexity index is 300. The maximum absolute atomic E-state index is 11.9. The number of carbonyl (C=O) groups excluding carboxylic acids is 1. The van der Waals surface area contributed by atoms with Crippen LogP contribution in [0.5, 0.6) is 0 Å². The molecule has 0 aromatic rings. The Hall–Kier alpha value is -1.30. The molecule has 0 fully saturated rings. The van der Waals surface area contributed by atoms with Crippen molar-refractivity contribution in [1.82, 2.24) is 10.2 Å². The summed E-state index contributed by atoms with van der Waals surface area (Å²) >= 11 is 0. The lowest BCUT2D eigenvalue weighted by Crippen LogP contribution is -2.48. The van der Waals surface area contributed by atoms with Gasteiger partial charge in [0.05, 0.1) is 12.1 Å². The van der Waals surface area contributed by atoms with Gasteiger partial charge >= 0.3 is 12.0 Å². The molecule has 1 atom stereocenters. The predicted octanol–water partition coefficient (Wildman–Crippen LogP) is 1.43. The van der Waals surface area contributed by atoms with Crippen molar-refractivity contribution in [3.8, 4) is 0 Å². The molecule has 0 saturated heterocycles. The van der Waals surface area contributed by atoms with E-state index in [2.05, 4.69) is 5.32 Å². The van der Waals surface area contributed by atoms with Crippen molar-refractivity contribution in [2.24, 2.45) is 0 Å². The van der Waals surface area contributed by atoms with E-state index in [4.69, 9.17) is 5.11 Å². The molecule has 0 radical (unpaired) electrons. The van der Waals surface area contributed by atoms with Crippen LogP contribution in [-0.4, -0.2) is 51.8 Å². The van der Waals surface area contributed by atoms with Crippen LogP contribution < -0.4 is 5.32 Å². The molecule has 0 saturated carbocycles. The summed E-state index contributed by atoms with van der Waals surface area (Å²) in [5, 5.41) is 21.1. The first-order valence-electron chi connectivity index (χ1n) is 6.65. The molecule has 0 rings (SSSR count). The van der Waals surface area contributed by atoms with Crippen LogP contribution in [0, 0.1) is 0 Å². The highest BCUT2D eigenvalue weighted by atomic mass is 16.4. The van der Waals surface area contributed by atoms with E-state index in [1.807, 2.05) is 13.8 Å². The number of nitrogens with zero attached hydrogens (tertiary/aromatic N) is 1. The molecule has 0 heterocycles. The molecule has 112 valence electrons. The van der Waals surface area contributed by atoms with Gasteiger partial charge in [-0.25, -0.2) is 4.79 Å². The first kappa shape index (κ1) is 17.7. The van der Waals surface area contributed by atoms with Crippen LogP contribution in [0.15, 0.2) is 0 Å². The fourth-order valence-electron chi connectivity index (χ4n) is 1.73. The summed E-state index contributed by atoms with van der Waals surface area (Å²) in [5.41, 5.74) is -0.931. The van der Waals surface area contributed by atoms with E-state index in [1.54, 1.807) is 13.8 Å². The van der Waals surface area contributed by atoms with Crippen molar-refractivity contribution in [2.75, 3.05) is 13.1 Å². The van der Waals surface area contributed by atoms with E-state index >= 15 is 0 Å². The Morgan fingerprint density at radius 3 is 2.37 bits per heavy atom. The van der Waals surface area contributed by atoms with E-state index in [-0.39, 0.29) is 25.0 Å². The number of aliphatic carboxylic acids is 1. The number of aliphatic hydroxyl groups is 1. The van der Waals surface area contributed by atoms with Gasteiger partial charge in [-0.05, 0) is 40.5 Å². The maximum atomic E-state index is 11.9. The summed E-state index contributed by atoms with van der Waals surface area (Å²) in [6, 6.07) is -0.310. The monoisotopic (exact) mass is 274 g/mol. The second-order valence-corrected chi connectivity index (χ2v) is 5.46. The normalized spacial score (nSPS) is 12.9. The average molecular weight is 274 g/mol. The summed E-state index contributed by atoms with van der Waals surface area (Å²) < 4.78 is 0. The molecule has 2 amide bonds. The Labute approximate surface area is 114 Å². The number of carboxylic acids is 1. The topological polar surface area (TPSA) is 89.9 Å². The molecule has 0 aliphatic carbocycles. The van der Waals surface area contributed by atoms with Gasteiger partial charge in [0.15, 0.2) is 0 Å². The quantitative estimate of drug-likeness (QED) is 0.624.